The number of amides is 1. The molecule has 10 heteroatoms. The molecule has 3 heterocycles. The molecule has 1 atom stereocenters. The van der Waals surface area contributed by atoms with Gasteiger partial charge in [0.05, 0.1) is 17.5 Å². The van der Waals surface area contributed by atoms with E-state index < -0.39 is 11.7 Å². The number of hydrogen-bond acceptors (Lipinski definition) is 5. The minimum Gasteiger partial charge on any atom is -0.376 e. The number of halogens is 3. The molecule has 1 aliphatic rings. The minimum absolute atomic E-state index is 0.0744. The number of fused-ring (bicyclic) bond motifs is 1. The molecule has 3 N–H and O–H groups in total. The van der Waals surface area contributed by atoms with Crippen LogP contribution in [0, 0.1) is 6.92 Å². The number of aromatic nitrogens is 3. The summed E-state index contributed by atoms with van der Waals surface area (Å²) in [7, 11) is 0. The smallest absolute Gasteiger partial charge is 0.376 e. The summed E-state index contributed by atoms with van der Waals surface area (Å²) in [5, 5.41) is 6.73. The van der Waals surface area contributed by atoms with Crippen LogP contribution in [0.3, 0.4) is 0 Å². The highest BCUT2D eigenvalue weighted by atomic mass is 19.4. The van der Waals surface area contributed by atoms with Gasteiger partial charge >= 0.3 is 6.18 Å². The molecule has 3 aromatic rings. The van der Waals surface area contributed by atoms with E-state index in [2.05, 4.69) is 30.5 Å². The lowest BCUT2D eigenvalue weighted by atomic mass is 10.1. The van der Waals surface area contributed by atoms with Gasteiger partial charge in [0, 0.05) is 31.0 Å². The third-order valence-electron chi connectivity index (χ3n) is 5.50. The van der Waals surface area contributed by atoms with E-state index in [1.54, 1.807) is 0 Å². The number of nitrogens with one attached hydrogen (secondary N) is 3. The van der Waals surface area contributed by atoms with E-state index in [0.29, 0.717) is 12.2 Å². The van der Waals surface area contributed by atoms with Crippen LogP contribution in [-0.4, -0.2) is 46.5 Å². The van der Waals surface area contributed by atoms with Crippen LogP contribution in [0.1, 0.15) is 24.0 Å². The lowest BCUT2D eigenvalue weighted by molar-refractivity contribution is -0.138. The number of piperidine rings is 1. The molecule has 0 radical (unpaired) electrons. The first-order valence-electron chi connectivity index (χ1n) is 10.1. The Kier molecular flexibility index (Phi) is 5.71. The van der Waals surface area contributed by atoms with Gasteiger partial charge in [-0.1, -0.05) is 6.07 Å². The first-order chi connectivity index (χ1) is 14.8. The van der Waals surface area contributed by atoms with Crippen LogP contribution in [0.25, 0.3) is 11.0 Å². The monoisotopic (exact) mass is 432 g/mol. The average molecular weight is 432 g/mol. The van der Waals surface area contributed by atoms with Crippen molar-refractivity contribution in [2.75, 3.05) is 29.9 Å². The van der Waals surface area contributed by atoms with E-state index in [1.807, 2.05) is 12.3 Å². The molecule has 0 spiro atoms. The SMILES string of the molecule is Cc1c(NCC(=O)N[C@H]2CCCN(c3ncnc4[nH]ccc34)C2)cccc1C(F)(F)F. The van der Waals surface area contributed by atoms with Crippen LogP contribution in [0.4, 0.5) is 24.7 Å². The van der Waals surface area contributed by atoms with Gasteiger partial charge in [-0.25, -0.2) is 9.97 Å². The molecule has 1 fully saturated rings. The zero-order valence-corrected chi connectivity index (χ0v) is 17.0. The predicted molar refractivity (Wildman–Crippen MR) is 112 cm³/mol. The molecule has 0 unspecified atom stereocenters. The normalized spacial score (nSPS) is 17.0. The molecular weight excluding hydrogens is 409 g/mol. The zero-order chi connectivity index (χ0) is 22.0. The van der Waals surface area contributed by atoms with Crippen molar-refractivity contribution in [3.8, 4) is 0 Å². The molecule has 0 saturated carbocycles. The molecule has 7 nitrogen and oxygen atoms in total. The lowest BCUT2D eigenvalue weighted by Crippen LogP contribution is -2.49. The van der Waals surface area contributed by atoms with Crippen LogP contribution >= 0.6 is 0 Å². The minimum atomic E-state index is -4.43. The predicted octanol–water partition coefficient (Wildman–Crippen LogP) is 3.48. The summed E-state index contributed by atoms with van der Waals surface area (Å²) < 4.78 is 39.2. The summed E-state index contributed by atoms with van der Waals surface area (Å²) >= 11 is 0. The lowest BCUT2D eigenvalue weighted by Gasteiger charge is -2.34. The Morgan fingerprint density at radius 2 is 2.13 bits per heavy atom. The van der Waals surface area contributed by atoms with E-state index in [-0.39, 0.29) is 24.1 Å². The fourth-order valence-corrected chi connectivity index (χ4v) is 3.99. The number of hydrogen-bond donors (Lipinski definition) is 3. The Morgan fingerprint density at radius 3 is 2.94 bits per heavy atom. The van der Waals surface area contributed by atoms with E-state index in [9.17, 15) is 18.0 Å². The molecule has 1 saturated heterocycles. The van der Waals surface area contributed by atoms with Crippen molar-refractivity contribution in [3.05, 3.63) is 47.9 Å². The fraction of sp³-hybridized carbons (Fsp3) is 0.381. The van der Waals surface area contributed by atoms with Crippen molar-refractivity contribution in [2.24, 2.45) is 0 Å². The summed E-state index contributed by atoms with van der Waals surface area (Å²) in [6.07, 6.45) is 0.611. The van der Waals surface area contributed by atoms with Crippen molar-refractivity contribution >= 4 is 28.4 Å². The number of benzene rings is 1. The Balaban J connectivity index is 1.37. The standard InChI is InChI=1S/C21H23F3N6O/c1-13-16(21(22,23)24)5-2-6-17(13)26-10-18(31)29-14-4-3-9-30(11-14)20-15-7-8-25-19(15)27-12-28-20/h2,5-8,12,14,26H,3-4,9-11H2,1H3,(H,29,31)(H,25,27,28)/t14-/m0/s1. The van der Waals surface area contributed by atoms with Gasteiger partial charge in [-0.15, -0.1) is 0 Å². The Morgan fingerprint density at radius 1 is 1.29 bits per heavy atom. The first kappa shape index (κ1) is 21.0. The summed E-state index contributed by atoms with van der Waals surface area (Å²) in [5.74, 6) is 0.557. The maximum absolute atomic E-state index is 13.1. The second-order valence-electron chi connectivity index (χ2n) is 7.62. The number of carbonyl (C=O) groups is 1. The van der Waals surface area contributed by atoms with Crippen LogP contribution in [0.15, 0.2) is 36.8 Å². The number of H-pyrrole nitrogens is 1. The molecule has 1 aromatic carbocycles. The van der Waals surface area contributed by atoms with Crippen molar-refractivity contribution in [3.63, 3.8) is 0 Å². The van der Waals surface area contributed by atoms with Crippen LogP contribution in [0.2, 0.25) is 0 Å². The molecule has 4 rings (SSSR count). The van der Waals surface area contributed by atoms with E-state index >= 15 is 0 Å². The number of rotatable bonds is 5. The number of aromatic amines is 1. The second-order valence-corrected chi connectivity index (χ2v) is 7.62. The summed E-state index contributed by atoms with van der Waals surface area (Å²) in [5.41, 5.74) is 0.426. The fourth-order valence-electron chi connectivity index (χ4n) is 3.99. The van der Waals surface area contributed by atoms with E-state index in [1.165, 1.54) is 25.4 Å². The molecular formula is C21H23F3N6O. The number of carbonyl (C=O) groups excluding carboxylic acids is 1. The topological polar surface area (TPSA) is 85.9 Å². The van der Waals surface area contributed by atoms with Gasteiger partial charge in [0.25, 0.3) is 0 Å². The molecule has 0 aliphatic carbocycles. The Bertz CT molecular complexity index is 1080. The quantitative estimate of drug-likeness (QED) is 0.575. The van der Waals surface area contributed by atoms with E-state index in [0.717, 1.165) is 42.3 Å². The Labute approximate surface area is 177 Å². The summed E-state index contributed by atoms with van der Waals surface area (Å²) in [6.45, 7) is 2.72. The van der Waals surface area contributed by atoms with Gasteiger partial charge in [0.1, 0.15) is 17.8 Å². The summed E-state index contributed by atoms with van der Waals surface area (Å²) in [4.78, 5) is 26.2. The molecule has 2 aromatic heterocycles. The maximum atomic E-state index is 13.1. The van der Waals surface area contributed by atoms with Gasteiger partial charge in [0.15, 0.2) is 0 Å². The molecule has 164 valence electrons. The average Bonchev–Trinajstić information content (AvgIpc) is 3.21. The van der Waals surface area contributed by atoms with Crippen molar-refractivity contribution < 1.29 is 18.0 Å². The highest BCUT2D eigenvalue weighted by Crippen LogP contribution is 2.34. The van der Waals surface area contributed by atoms with Crippen molar-refractivity contribution in [1.29, 1.82) is 0 Å². The molecule has 1 aliphatic heterocycles. The molecule has 0 bridgehead atoms. The number of alkyl halides is 3. The van der Waals surface area contributed by atoms with Gasteiger partial charge in [0.2, 0.25) is 5.91 Å². The third kappa shape index (κ3) is 4.57. The third-order valence-corrected chi connectivity index (χ3v) is 5.50. The van der Waals surface area contributed by atoms with Gasteiger partial charge < -0.3 is 20.5 Å². The number of nitrogens with zero attached hydrogens (tertiary/aromatic N) is 3. The maximum Gasteiger partial charge on any atom is 0.416 e. The molecule has 31 heavy (non-hydrogen) atoms. The van der Waals surface area contributed by atoms with Gasteiger partial charge in [-0.2, -0.15) is 13.2 Å². The number of anilines is 2. The summed E-state index contributed by atoms with van der Waals surface area (Å²) in [6, 6.07) is 5.75. The van der Waals surface area contributed by atoms with Gasteiger partial charge in [-0.3, -0.25) is 4.79 Å². The van der Waals surface area contributed by atoms with Crippen molar-refractivity contribution in [2.45, 2.75) is 32.0 Å². The highest BCUT2D eigenvalue weighted by Gasteiger charge is 2.33. The second kappa shape index (κ2) is 8.44. The molecule has 1 amide bonds. The zero-order valence-electron chi connectivity index (χ0n) is 17.0. The highest BCUT2D eigenvalue weighted by molar-refractivity contribution is 5.87. The van der Waals surface area contributed by atoms with Crippen molar-refractivity contribution in [1.82, 2.24) is 20.3 Å². The van der Waals surface area contributed by atoms with Crippen LogP contribution in [-0.2, 0) is 11.0 Å². The van der Waals surface area contributed by atoms with E-state index in [4.69, 9.17) is 0 Å². The largest absolute Gasteiger partial charge is 0.416 e. The first-order valence-corrected chi connectivity index (χ1v) is 10.1. The van der Waals surface area contributed by atoms with Crippen LogP contribution in [0.5, 0.6) is 0 Å². The Hall–Kier alpha value is -3.30. The van der Waals surface area contributed by atoms with Crippen LogP contribution < -0.4 is 15.5 Å². The van der Waals surface area contributed by atoms with Gasteiger partial charge in [-0.05, 0) is 43.5 Å².